The largest absolute Gasteiger partial charge is 0.469 e. The summed E-state index contributed by atoms with van der Waals surface area (Å²) in [6, 6.07) is 8.75. The molecular weight excluding hydrogens is 493 g/mol. The fourth-order valence-electron chi connectivity index (χ4n) is 2.81. The molecule has 0 bridgehead atoms. The van der Waals surface area contributed by atoms with Crippen LogP contribution in [0.2, 0.25) is 0 Å². The maximum atomic E-state index is 11.9. The molecule has 1 aromatic carbocycles. The molecule has 1 heterocycles. The number of rotatable bonds is 11. The maximum Gasteiger partial charge on any atom is 0.469 e. The first-order valence-corrected chi connectivity index (χ1v) is 12.6. The lowest BCUT2D eigenvalue weighted by molar-refractivity contribution is -0.116. The highest BCUT2D eigenvalue weighted by Crippen LogP contribution is 2.36. The Bertz CT molecular complexity index is 1230. The van der Waals surface area contributed by atoms with Crippen LogP contribution in [0.25, 0.3) is 6.08 Å². The Hall–Kier alpha value is -3.17. The monoisotopic (exact) mass is 519 g/mol. The van der Waals surface area contributed by atoms with E-state index in [2.05, 4.69) is 14.5 Å². The number of carbonyl (C=O) groups excluding carboxylic acids is 1. The van der Waals surface area contributed by atoms with Gasteiger partial charge < -0.3 is 25.5 Å². The van der Waals surface area contributed by atoms with E-state index in [4.69, 9.17) is 20.8 Å². The fourth-order valence-corrected chi connectivity index (χ4v) is 4.06. The van der Waals surface area contributed by atoms with E-state index in [9.17, 15) is 14.5 Å². The number of allylic oxidation sites excluding steroid dienone is 1. The lowest BCUT2D eigenvalue weighted by atomic mass is 10.1. The molecule has 0 aliphatic rings. The van der Waals surface area contributed by atoms with Crippen LogP contribution in [0, 0.1) is 18.3 Å². The third kappa shape index (κ3) is 9.54. The molecule has 5 N–H and O–H groups in total. The lowest BCUT2D eigenvalue weighted by Crippen LogP contribution is -2.22. The Morgan fingerprint density at radius 3 is 2.60 bits per heavy atom. The smallest absolute Gasteiger partial charge is 0.383 e. The van der Waals surface area contributed by atoms with E-state index < -0.39 is 7.82 Å². The van der Waals surface area contributed by atoms with Gasteiger partial charge in [0.1, 0.15) is 11.6 Å². The van der Waals surface area contributed by atoms with Crippen molar-refractivity contribution in [2.75, 3.05) is 12.3 Å². The van der Waals surface area contributed by atoms with Gasteiger partial charge in [-0.1, -0.05) is 18.2 Å². The number of nitrogen functional groups attached to an aromatic ring is 1. The van der Waals surface area contributed by atoms with E-state index in [0.29, 0.717) is 45.3 Å². The molecule has 35 heavy (non-hydrogen) atoms. The average molecular weight is 520 g/mol. The fraction of sp³-hybridized carbons (Fsp3) is 0.227. The van der Waals surface area contributed by atoms with Gasteiger partial charge in [-0.3, -0.25) is 9.32 Å². The Morgan fingerprint density at radius 2 is 2.03 bits per heavy atom. The van der Waals surface area contributed by atoms with Crippen molar-refractivity contribution in [3.05, 3.63) is 69.7 Å². The van der Waals surface area contributed by atoms with E-state index in [0.717, 1.165) is 5.56 Å². The average Bonchev–Trinajstić information content (AvgIpc) is 2.81. The number of aromatic nitrogens is 2. The molecule has 2 aromatic rings. The Labute approximate surface area is 206 Å². The molecule has 1 amide bonds. The number of phosphoric acid groups is 1. The number of nitrogens with zero attached hydrogens (tertiary/aromatic N) is 4. The summed E-state index contributed by atoms with van der Waals surface area (Å²) < 4.78 is 15.6. The number of benzene rings is 1. The molecular formula is C22H26N5O6PS. The number of carbonyl (C=O) groups is 1. The number of hydrogen-bond donors (Lipinski definition) is 5. The Morgan fingerprint density at radius 1 is 1.34 bits per heavy atom. The number of aryl methyl sites for hydroxylation is 1. The van der Waals surface area contributed by atoms with Crippen LogP contribution in [0.5, 0.6) is 0 Å². The van der Waals surface area contributed by atoms with E-state index in [1.165, 1.54) is 17.2 Å². The predicted octanol–water partition coefficient (Wildman–Crippen LogP) is 2.79. The molecule has 186 valence electrons. The quantitative estimate of drug-likeness (QED) is 0.0973. The van der Waals surface area contributed by atoms with E-state index in [-0.39, 0.29) is 30.4 Å². The number of phosphoric ester groups is 1. The minimum atomic E-state index is -4.69. The Kier molecular flexibility index (Phi) is 10.5. The summed E-state index contributed by atoms with van der Waals surface area (Å²) in [4.78, 5) is 39.8. The molecule has 0 unspecified atom stereocenters. The number of aliphatic hydroxyl groups is 1. The van der Waals surface area contributed by atoms with Crippen molar-refractivity contribution in [3.8, 4) is 6.07 Å². The predicted molar refractivity (Wildman–Crippen MR) is 135 cm³/mol. The highest BCUT2D eigenvalue weighted by atomic mass is 32.1. The van der Waals surface area contributed by atoms with E-state index in [1.807, 2.05) is 6.07 Å². The molecule has 0 saturated heterocycles. The highest BCUT2D eigenvalue weighted by molar-refractivity contribution is 8.02. The van der Waals surface area contributed by atoms with Crippen molar-refractivity contribution >= 4 is 42.5 Å². The first-order valence-electron chi connectivity index (χ1n) is 10.2. The van der Waals surface area contributed by atoms with Crippen LogP contribution in [-0.2, 0) is 20.4 Å². The summed E-state index contributed by atoms with van der Waals surface area (Å²) in [5.41, 5.74) is 8.14. The zero-order valence-corrected chi connectivity index (χ0v) is 20.9. The minimum Gasteiger partial charge on any atom is -0.383 e. The van der Waals surface area contributed by atoms with Crippen molar-refractivity contribution in [1.82, 2.24) is 14.9 Å². The molecule has 0 aliphatic heterocycles. The van der Waals surface area contributed by atoms with Crippen LogP contribution in [0.4, 0.5) is 5.82 Å². The van der Waals surface area contributed by atoms with Gasteiger partial charge in [0.2, 0.25) is 6.41 Å². The normalized spacial score (nSPS) is 13.1. The number of anilines is 1. The topological polar surface area (TPSA) is 183 Å². The van der Waals surface area contributed by atoms with Crippen LogP contribution in [-0.4, -0.2) is 47.8 Å². The second kappa shape index (κ2) is 13.1. The molecule has 0 atom stereocenters. The van der Waals surface area contributed by atoms with E-state index >= 15 is 0 Å². The second-order valence-corrected chi connectivity index (χ2v) is 9.67. The molecule has 2 rings (SSSR count). The lowest BCUT2D eigenvalue weighted by Gasteiger charge is -2.21. The standard InChI is InChI=1S/C22H26N5O6PS/c1-15(27(14-28)13-19-12-25-16(2)26-22(19)24)20(9-10-33-34(30,31)32)35-21(29)8-7-17-3-5-18(11-23)6-4-17/h3-8,12,14,29,35H,9-10,13H2,1-2H3,(H2,24,25,26)(H2,30,31,32)/b8-7+,20-15-. The van der Waals surface area contributed by atoms with Gasteiger partial charge in [-0.2, -0.15) is 5.26 Å². The molecule has 0 aliphatic carbocycles. The van der Waals surface area contributed by atoms with Gasteiger partial charge in [0.15, 0.2) is 0 Å². The van der Waals surface area contributed by atoms with Crippen molar-refractivity contribution < 1.29 is 28.8 Å². The summed E-state index contributed by atoms with van der Waals surface area (Å²) in [5, 5.41) is 19.3. The molecule has 1 aromatic heterocycles. The van der Waals surface area contributed by atoms with Crippen LogP contribution in [0.15, 0.2) is 47.1 Å². The van der Waals surface area contributed by atoms with Crippen LogP contribution in [0.1, 0.15) is 35.9 Å². The number of hydrogen-bond acceptors (Lipinski definition) is 7. The van der Waals surface area contributed by atoms with Gasteiger partial charge in [0, 0.05) is 28.8 Å². The van der Waals surface area contributed by atoms with Gasteiger partial charge in [0.05, 0.1) is 29.8 Å². The Balaban J connectivity index is 2.34. The number of thiol groups is 1. The third-order valence-corrected chi connectivity index (χ3v) is 6.36. The van der Waals surface area contributed by atoms with Crippen molar-refractivity contribution in [3.63, 3.8) is 0 Å². The van der Waals surface area contributed by atoms with Crippen molar-refractivity contribution in [2.24, 2.45) is 0 Å². The number of amides is 1. The summed E-state index contributed by atoms with van der Waals surface area (Å²) >= 11 is 0.298. The minimum absolute atomic E-state index is 0.0253. The van der Waals surface area contributed by atoms with Gasteiger partial charge in [0.25, 0.3) is 0 Å². The van der Waals surface area contributed by atoms with E-state index in [1.54, 1.807) is 44.2 Å². The number of nitriles is 1. The second-order valence-electron chi connectivity index (χ2n) is 7.20. The number of nitrogens with two attached hydrogens (primary N) is 1. The molecule has 0 radical (unpaired) electrons. The third-order valence-electron chi connectivity index (χ3n) is 4.65. The van der Waals surface area contributed by atoms with Gasteiger partial charge in [-0.25, -0.2) is 14.5 Å². The van der Waals surface area contributed by atoms with Crippen LogP contribution < -0.4 is 5.73 Å². The highest BCUT2D eigenvalue weighted by Gasteiger charge is 2.16. The molecule has 13 heteroatoms. The van der Waals surface area contributed by atoms with Crippen molar-refractivity contribution in [2.45, 2.75) is 26.8 Å². The maximum absolute atomic E-state index is 11.9. The molecule has 0 fully saturated rings. The molecule has 0 saturated carbocycles. The molecule has 0 spiro atoms. The van der Waals surface area contributed by atoms with Gasteiger partial charge in [-0.15, -0.1) is 11.4 Å². The van der Waals surface area contributed by atoms with Crippen LogP contribution in [0.3, 0.4) is 0 Å². The van der Waals surface area contributed by atoms with Crippen LogP contribution >= 0.6 is 19.2 Å². The molecule has 11 nitrogen and oxygen atoms in total. The number of aliphatic hydroxyl groups excluding tert-OH is 1. The summed E-state index contributed by atoms with van der Waals surface area (Å²) in [6.07, 6.45) is 5.22. The first-order chi connectivity index (χ1) is 16.5. The summed E-state index contributed by atoms with van der Waals surface area (Å²) in [6.45, 7) is 3.04. The van der Waals surface area contributed by atoms with Gasteiger partial charge >= 0.3 is 7.82 Å². The summed E-state index contributed by atoms with van der Waals surface area (Å²) in [7, 11) is -4.69. The summed E-state index contributed by atoms with van der Waals surface area (Å²) in [5.74, 6) is 0.708. The zero-order chi connectivity index (χ0) is 26.0. The van der Waals surface area contributed by atoms with Crippen molar-refractivity contribution in [1.29, 1.82) is 5.26 Å². The zero-order valence-electron chi connectivity index (χ0n) is 19.1. The first kappa shape index (κ1) is 28.1. The van der Waals surface area contributed by atoms with Gasteiger partial charge in [-0.05, 0) is 37.6 Å². The SMILES string of the molecule is C/C(=C(CCOP(=O)(O)O)/[SH]=C(O)\C=C\c1ccc(C#N)cc1)N(C=O)Cc1cnc(C)nc1N.